The highest BCUT2D eigenvalue weighted by molar-refractivity contribution is 5.83. The first-order valence-corrected chi connectivity index (χ1v) is 4.67. The zero-order valence-corrected chi connectivity index (χ0v) is 7.79. The van der Waals surface area contributed by atoms with Crippen LogP contribution in [0.25, 0.3) is 0 Å². The van der Waals surface area contributed by atoms with Crippen LogP contribution >= 0.6 is 0 Å². The molecule has 1 aliphatic rings. The first-order chi connectivity index (χ1) is 6.62. The van der Waals surface area contributed by atoms with Crippen LogP contribution in [-0.2, 0) is 11.2 Å². The molecular formula is C11H12FNO. The molecule has 1 amide bonds. The van der Waals surface area contributed by atoms with E-state index < -0.39 is 0 Å². The number of rotatable bonds is 3. The summed E-state index contributed by atoms with van der Waals surface area (Å²) in [6.45, 7) is 0. The predicted molar refractivity (Wildman–Crippen MR) is 51.0 cm³/mol. The van der Waals surface area contributed by atoms with Crippen molar-refractivity contribution in [3.05, 3.63) is 35.6 Å². The molecule has 14 heavy (non-hydrogen) atoms. The largest absolute Gasteiger partial charge is 0.369 e. The number of hydrogen-bond donors (Lipinski definition) is 1. The molecule has 0 bridgehead atoms. The smallest absolute Gasteiger partial charge is 0.223 e. The molecule has 74 valence electrons. The molecule has 2 rings (SSSR count). The number of nitrogens with two attached hydrogens (primary N) is 1. The molecular weight excluding hydrogens is 181 g/mol. The molecule has 0 aromatic heterocycles. The number of carbonyl (C=O) groups excluding carboxylic acids is 1. The van der Waals surface area contributed by atoms with E-state index in [0.717, 1.165) is 18.4 Å². The minimum Gasteiger partial charge on any atom is -0.369 e. The average Bonchev–Trinajstić information content (AvgIpc) is 2.85. The van der Waals surface area contributed by atoms with E-state index in [1.807, 2.05) is 6.07 Å². The molecule has 1 aromatic carbocycles. The molecule has 0 radical (unpaired) electrons. The first-order valence-electron chi connectivity index (χ1n) is 4.67. The van der Waals surface area contributed by atoms with Crippen LogP contribution in [0.2, 0.25) is 0 Å². The summed E-state index contributed by atoms with van der Waals surface area (Å²) >= 11 is 0. The molecule has 1 saturated carbocycles. The maximum atomic E-state index is 12.8. The maximum Gasteiger partial charge on any atom is 0.223 e. The number of primary amides is 1. The van der Waals surface area contributed by atoms with Gasteiger partial charge in [-0.3, -0.25) is 4.79 Å². The van der Waals surface area contributed by atoms with Crippen molar-refractivity contribution in [2.45, 2.75) is 19.3 Å². The van der Waals surface area contributed by atoms with E-state index >= 15 is 0 Å². The second-order valence-corrected chi connectivity index (χ2v) is 3.95. The van der Waals surface area contributed by atoms with Crippen LogP contribution < -0.4 is 5.73 Å². The molecule has 1 aliphatic carbocycles. The quantitative estimate of drug-likeness (QED) is 0.779. The number of amides is 1. The fourth-order valence-corrected chi connectivity index (χ4v) is 1.70. The molecule has 2 N–H and O–H groups in total. The van der Waals surface area contributed by atoms with E-state index in [9.17, 15) is 9.18 Å². The Morgan fingerprint density at radius 2 is 2.21 bits per heavy atom. The summed E-state index contributed by atoms with van der Waals surface area (Å²) in [4.78, 5) is 11.1. The van der Waals surface area contributed by atoms with Gasteiger partial charge in [-0.25, -0.2) is 4.39 Å². The topological polar surface area (TPSA) is 43.1 Å². The summed E-state index contributed by atoms with van der Waals surface area (Å²) < 4.78 is 12.8. The molecule has 3 heteroatoms. The van der Waals surface area contributed by atoms with Crippen molar-refractivity contribution in [3.63, 3.8) is 0 Å². The SMILES string of the molecule is NC(=O)C1(Cc2cccc(F)c2)CC1. The first kappa shape index (κ1) is 9.19. The van der Waals surface area contributed by atoms with E-state index in [4.69, 9.17) is 5.73 Å². The molecule has 1 aromatic rings. The van der Waals surface area contributed by atoms with Gasteiger partial charge in [-0.05, 0) is 37.0 Å². The standard InChI is InChI=1S/C11H12FNO/c12-9-3-1-2-8(6-9)7-11(4-5-11)10(13)14/h1-3,6H,4-5,7H2,(H2,13,14). The molecule has 1 fully saturated rings. The predicted octanol–water partition coefficient (Wildman–Crippen LogP) is 1.63. The number of hydrogen-bond acceptors (Lipinski definition) is 1. The summed E-state index contributed by atoms with van der Waals surface area (Å²) in [5.74, 6) is -0.524. The van der Waals surface area contributed by atoms with Crippen molar-refractivity contribution in [1.82, 2.24) is 0 Å². The highest BCUT2D eigenvalue weighted by Crippen LogP contribution is 2.48. The number of benzene rings is 1. The molecule has 0 aliphatic heterocycles. The van der Waals surface area contributed by atoms with Crippen LogP contribution in [0.1, 0.15) is 18.4 Å². The van der Waals surface area contributed by atoms with Gasteiger partial charge < -0.3 is 5.73 Å². The van der Waals surface area contributed by atoms with Gasteiger partial charge in [0.15, 0.2) is 0 Å². The van der Waals surface area contributed by atoms with Gasteiger partial charge in [-0.1, -0.05) is 12.1 Å². The summed E-state index contributed by atoms with van der Waals surface area (Å²) in [6, 6.07) is 6.34. The second kappa shape index (κ2) is 3.08. The average molecular weight is 193 g/mol. The third-order valence-electron chi connectivity index (χ3n) is 2.81. The van der Waals surface area contributed by atoms with Crippen LogP contribution in [0.4, 0.5) is 4.39 Å². The van der Waals surface area contributed by atoms with Crippen molar-refractivity contribution in [1.29, 1.82) is 0 Å². The molecule has 0 spiro atoms. The zero-order chi connectivity index (χ0) is 10.2. The van der Waals surface area contributed by atoms with E-state index in [0.29, 0.717) is 6.42 Å². The Kier molecular flexibility index (Phi) is 2.02. The summed E-state index contributed by atoms with van der Waals surface area (Å²) in [5, 5.41) is 0. The third kappa shape index (κ3) is 1.62. The number of carbonyl (C=O) groups is 1. The highest BCUT2D eigenvalue weighted by Gasteiger charge is 2.48. The monoisotopic (exact) mass is 193 g/mol. The molecule has 0 unspecified atom stereocenters. The lowest BCUT2D eigenvalue weighted by atomic mass is 9.96. The van der Waals surface area contributed by atoms with E-state index in [-0.39, 0.29) is 17.1 Å². The van der Waals surface area contributed by atoms with Crippen LogP contribution in [0.15, 0.2) is 24.3 Å². The van der Waals surface area contributed by atoms with E-state index in [1.54, 1.807) is 6.07 Å². The Hall–Kier alpha value is -1.38. The summed E-state index contributed by atoms with van der Waals surface area (Å²) in [7, 11) is 0. The summed E-state index contributed by atoms with van der Waals surface area (Å²) in [5.41, 5.74) is 5.75. The lowest BCUT2D eigenvalue weighted by Gasteiger charge is -2.10. The van der Waals surface area contributed by atoms with Crippen LogP contribution in [0.5, 0.6) is 0 Å². The second-order valence-electron chi connectivity index (χ2n) is 3.95. The minimum atomic E-state index is -0.381. The van der Waals surface area contributed by atoms with Gasteiger partial charge in [0.05, 0.1) is 5.41 Å². The fourth-order valence-electron chi connectivity index (χ4n) is 1.70. The van der Waals surface area contributed by atoms with Crippen molar-refractivity contribution < 1.29 is 9.18 Å². The van der Waals surface area contributed by atoms with Gasteiger partial charge in [0, 0.05) is 0 Å². The Balaban J connectivity index is 2.15. The van der Waals surface area contributed by atoms with Crippen molar-refractivity contribution in [2.75, 3.05) is 0 Å². The normalized spacial score (nSPS) is 17.8. The summed E-state index contributed by atoms with van der Waals surface area (Å²) in [6.07, 6.45) is 2.23. The van der Waals surface area contributed by atoms with Crippen molar-refractivity contribution in [2.24, 2.45) is 11.1 Å². The Bertz CT molecular complexity index is 371. The Morgan fingerprint density at radius 1 is 1.50 bits per heavy atom. The van der Waals surface area contributed by atoms with E-state index in [1.165, 1.54) is 12.1 Å². The van der Waals surface area contributed by atoms with Gasteiger partial charge in [0.2, 0.25) is 5.91 Å². The zero-order valence-electron chi connectivity index (χ0n) is 7.79. The van der Waals surface area contributed by atoms with Gasteiger partial charge in [-0.2, -0.15) is 0 Å². The van der Waals surface area contributed by atoms with Crippen LogP contribution in [0, 0.1) is 11.2 Å². The minimum absolute atomic E-state index is 0.261. The Labute approximate surface area is 81.9 Å². The van der Waals surface area contributed by atoms with Gasteiger partial charge >= 0.3 is 0 Å². The lowest BCUT2D eigenvalue weighted by molar-refractivity contribution is -0.123. The van der Waals surface area contributed by atoms with Gasteiger partial charge in [0.25, 0.3) is 0 Å². The third-order valence-corrected chi connectivity index (χ3v) is 2.81. The van der Waals surface area contributed by atoms with Crippen molar-refractivity contribution in [3.8, 4) is 0 Å². The van der Waals surface area contributed by atoms with Gasteiger partial charge in [-0.15, -0.1) is 0 Å². The van der Waals surface area contributed by atoms with Crippen LogP contribution in [0.3, 0.4) is 0 Å². The lowest BCUT2D eigenvalue weighted by Crippen LogP contribution is -2.26. The fraction of sp³-hybridized carbons (Fsp3) is 0.364. The molecule has 0 heterocycles. The highest BCUT2D eigenvalue weighted by atomic mass is 19.1. The Morgan fingerprint density at radius 3 is 2.71 bits per heavy atom. The molecule has 2 nitrogen and oxygen atoms in total. The van der Waals surface area contributed by atoms with Crippen LogP contribution in [-0.4, -0.2) is 5.91 Å². The van der Waals surface area contributed by atoms with Gasteiger partial charge in [0.1, 0.15) is 5.82 Å². The molecule has 0 saturated heterocycles. The maximum absolute atomic E-state index is 12.8. The van der Waals surface area contributed by atoms with Crippen molar-refractivity contribution >= 4 is 5.91 Å². The van der Waals surface area contributed by atoms with E-state index in [2.05, 4.69) is 0 Å². The molecule has 0 atom stereocenters. The number of halogens is 1.